The number of aryl methyl sites for hydroxylation is 1. The Hall–Kier alpha value is -2.28. The molecule has 0 saturated carbocycles. The Balaban J connectivity index is 1.71. The van der Waals surface area contributed by atoms with E-state index in [9.17, 15) is 0 Å². The molecular formula is C18H26N4O2S. The Morgan fingerprint density at radius 1 is 1.28 bits per heavy atom. The Morgan fingerprint density at radius 3 is 2.84 bits per heavy atom. The first-order chi connectivity index (χ1) is 12.2. The van der Waals surface area contributed by atoms with Crippen LogP contribution in [0.15, 0.2) is 35.5 Å². The summed E-state index contributed by atoms with van der Waals surface area (Å²) in [6, 6.07) is 7.63. The van der Waals surface area contributed by atoms with E-state index < -0.39 is 0 Å². The molecule has 0 spiro atoms. The van der Waals surface area contributed by atoms with Crippen molar-refractivity contribution in [1.82, 2.24) is 15.6 Å². The number of thiazole rings is 1. The van der Waals surface area contributed by atoms with Gasteiger partial charge in [-0.15, -0.1) is 11.3 Å². The van der Waals surface area contributed by atoms with Crippen LogP contribution in [0.3, 0.4) is 0 Å². The van der Waals surface area contributed by atoms with Crippen LogP contribution in [-0.4, -0.2) is 37.7 Å². The van der Waals surface area contributed by atoms with E-state index >= 15 is 0 Å². The van der Waals surface area contributed by atoms with Crippen molar-refractivity contribution in [3.63, 3.8) is 0 Å². The van der Waals surface area contributed by atoms with Crippen LogP contribution in [0.4, 0.5) is 0 Å². The van der Waals surface area contributed by atoms with Crippen LogP contribution in [0.2, 0.25) is 0 Å². The van der Waals surface area contributed by atoms with E-state index in [1.165, 1.54) is 4.88 Å². The van der Waals surface area contributed by atoms with E-state index in [1.54, 1.807) is 18.4 Å². The molecule has 0 aliphatic carbocycles. The van der Waals surface area contributed by atoms with E-state index in [0.29, 0.717) is 13.2 Å². The normalized spacial score (nSPS) is 11.2. The van der Waals surface area contributed by atoms with E-state index in [0.717, 1.165) is 42.0 Å². The molecule has 2 N–H and O–H groups in total. The lowest BCUT2D eigenvalue weighted by Crippen LogP contribution is -2.38. The molecule has 0 bridgehead atoms. The van der Waals surface area contributed by atoms with Gasteiger partial charge in [0.05, 0.1) is 20.3 Å². The molecule has 1 aromatic heterocycles. The Morgan fingerprint density at radius 2 is 2.12 bits per heavy atom. The molecule has 0 atom stereocenters. The van der Waals surface area contributed by atoms with Gasteiger partial charge in [-0.1, -0.05) is 6.07 Å². The predicted octanol–water partition coefficient (Wildman–Crippen LogP) is 2.98. The molecule has 6 nitrogen and oxygen atoms in total. The largest absolute Gasteiger partial charge is 0.497 e. The highest BCUT2D eigenvalue weighted by molar-refractivity contribution is 7.11. The molecule has 7 heteroatoms. The topological polar surface area (TPSA) is 67.8 Å². The van der Waals surface area contributed by atoms with Crippen LogP contribution in [0, 0.1) is 6.92 Å². The number of hydrogen-bond acceptors (Lipinski definition) is 5. The molecule has 0 saturated heterocycles. The van der Waals surface area contributed by atoms with Crippen LogP contribution in [-0.2, 0) is 6.54 Å². The molecule has 1 aromatic carbocycles. The monoisotopic (exact) mass is 362 g/mol. The minimum atomic E-state index is 0.591. The number of aromatic nitrogens is 1. The van der Waals surface area contributed by atoms with Gasteiger partial charge in [0.25, 0.3) is 0 Å². The van der Waals surface area contributed by atoms with Gasteiger partial charge in [0.2, 0.25) is 0 Å². The van der Waals surface area contributed by atoms with Crippen LogP contribution < -0.4 is 20.1 Å². The number of methoxy groups -OCH3 is 1. The molecule has 136 valence electrons. The SMILES string of the molecule is CCNC(=NCc1ncc(C)s1)NCCCOc1cccc(OC)c1. The molecule has 2 rings (SSSR count). The lowest BCUT2D eigenvalue weighted by molar-refractivity contribution is 0.308. The summed E-state index contributed by atoms with van der Waals surface area (Å²) in [5.41, 5.74) is 0. The molecule has 0 aliphatic rings. The number of benzene rings is 1. The maximum absolute atomic E-state index is 5.73. The van der Waals surface area contributed by atoms with Gasteiger partial charge in [0.1, 0.15) is 16.5 Å². The molecule has 0 radical (unpaired) electrons. The quantitative estimate of drug-likeness (QED) is 0.408. The van der Waals surface area contributed by atoms with Gasteiger partial charge in [-0.3, -0.25) is 0 Å². The molecule has 1 heterocycles. The summed E-state index contributed by atoms with van der Waals surface area (Å²) in [6.07, 6.45) is 2.75. The van der Waals surface area contributed by atoms with E-state index in [1.807, 2.05) is 30.5 Å². The van der Waals surface area contributed by atoms with Crippen molar-refractivity contribution in [2.24, 2.45) is 4.99 Å². The van der Waals surface area contributed by atoms with Crippen molar-refractivity contribution < 1.29 is 9.47 Å². The average molecular weight is 362 g/mol. The first kappa shape index (κ1) is 19.1. The summed E-state index contributed by atoms with van der Waals surface area (Å²) in [5, 5.41) is 7.58. The third-order valence-corrected chi connectivity index (χ3v) is 4.21. The van der Waals surface area contributed by atoms with Gasteiger partial charge >= 0.3 is 0 Å². The zero-order chi connectivity index (χ0) is 17.9. The van der Waals surface area contributed by atoms with Gasteiger partial charge in [-0.2, -0.15) is 0 Å². The highest BCUT2D eigenvalue weighted by atomic mass is 32.1. The second-order valence-electron chi connectivity index (χ2n) is 5.37. The standard InChI is InChI=1S/C18H26N4O2S/c1-4-19-18(22-13-17-21-12-14(2)25-17)20-9-6-10-24-16-8-5-7-15(11-16)23-3/h5,7-8,11-12H,4,6,9-10,13H2,1-3H3,(H2,19,20,22). The lowest BCUT2D eigenvalue weighted by atomic mass is 10.3. The number of aliphatic imine (C=N–C) groups is 1. The number of nitrogens with one attached hydrogen (secondary N) is 2. The summed E-state index contributed by atoms with van der Waals surface area (Å²) in [4.78, 5) is 10.1. The van der Waals surface area contributed by atoms with Crippen LogP contribution >= 0.6 is 11.3 Å². The van der Waals surface area contributed by atoms with Gasteiger partial charge < -0.3 is 20.1 Å². The minimum absolute atomic E-state index is 0.591. The van der Waals surface area contributed by atoms with Crippen LogP contribution in [0.25, 0.3) is 0 Å². The van der Waals surface area contributed by atoms with Crippen molar-refractivity contribution in [3.8, 4) is 11.5 Å². The molecular weight excluding hydrogens is 336 g/mol. The maximum atomic E-state index is 5.73. The second kappa shape index (κ2) is 10.6. The third-order valence-electron chi connectivity index (χ3n) is 3.31. The van der Waals surface area contributed by atoms with E-state index in [4.69, 9.17) is 9.47 Å². The molecule has 25 heavy (non-hydrogen) atoms. The fraction of sp³-hybridized carbons (Fsp3) is 0.444. The summed E-state index contributed by atoms with van der Waals surface area (Å²) in [5.74, 6) is 2.42. The molecule has 2 aromatic rings. The minimum Gasteiger partial charge on any atom is -0.497 e. The van der Waals surface area contributed by atoms with Crippen LogP contribution in [0.5, 0.6) is 11.5 Å². The predicted molar refractivity (Wildman–Crippen MR) is 103 cm³/mol. The highest BCUT2D eigenvalue weighted by Crippen LogP contribution is 2.18. The first-order valence-electron chi connectivity index (χ1n) is 8.41. The number of hydrogen-bond donors (Lipinski definition) is 2. The maximum Gasteiger partial charge on any atom is 0.191 e. The van der Waals surface area contributed by atoms with Gasteiger partial charge in [-0.05, 0) is 32.4 Å². The van der Waals surface area contributed by atoms with Crippen molar-refractivity contribution >= 4 is 17.3 Å². The second-order valence-corrected chi connectivity index (χ2v) is 6.69. The Bertz CT molecular complexity index is 673. The Labute approximate surface area is 153 Å². The summed E-state index contributed by atoms with van der Waals surface area (Å²) < 4.78 is 10.9. The number of guanidine groups is 1. The van der Waals surface area contributed by atoms with Crippen molar-refractivity contribution in [3.05, 3.63) is 40.3 Å². The first-order valence-corrected chi connectivity index (χ1v) is 9.23. The van der Waals surface area contributed by atoms with Crippen LogP contribution in [0.1, 0.15) is 23.2 Å². The number of ether oxygens (including phenoxy) is 2. The Kier molecular flexibility index (Phi) is 8.04. The van der Waals surface area contributed by atoms with Gasteiger partial charge in [0, 0.05) is 30.2 Å². The smallest absolute Gasteiger partial charge is 0.191 e. The summed E-state index contributed by atoms with van der Waals surface area (Å²) in [6.45, 7) is 6.93. The fourth-order valence-corrected chi connectivity index (χ4v) is 2.83. The van der Waals surface area contributed by atoms with Crippen molar-refractivity contribution in [2.75, 3.05) is 26.8 Å². The van der Waals surface area contributed by atoms with Crippen molar-refractivity contribution in [1.29, 1.82) is 0 Å². The summed E-state index contributed by atoms with van der Waals surface area (Å²) >= 11 is 1.68. The molecule has 0 aliphatic heterocycles. The summed E-state index contributed by atoms with van der Waals surface area (Å²) in [7, 11) is 1.65. The number of rotatable bonds is 9. The third kappa shape index (κ3) is 7.01. The number of nitrogens with zero attached hydrogens (tertiary/aromatic N) is 2. The molecule has 0 amide bonds. The van der Waals surface area contributed by atoms with E-state index in [2.05, 4.69) is 34.5 Å². The lowest BCUT2D eigenvalue weighted by Gasteiger charge is -2.11. The highest BCUT2D eigenvalue weighted by Gasteiger charge is 2.01. The molecule has 0 unspecified atom stereocenters. The van der Waals surface area contributed by atoms with E-state index in [-0.39, 0.29) is 0 Å². The molecule has 0 fully saturated rings. The van der Waals surface area contributed by atoms with Gasteiger partial charge in [0.15, 0.2) is 5.96 Å². The fourth-order valence-electron chi connectivity index (χ4n) is 2.12. The zero-order valence-corrected chi connectivity index (χ0v) is 15.9. The van der Waals surface area contributed by atoms with Gasteiger partial charge in [-0.25, -0.2) is 9.98 Å². The zero-order valence-electron chi connectivity index (χ0n) is 15.0. The average Bonchev–Trinajstić information content (AvgIpc) is 3.04. The van der Waals surface area contributed by atoms with Crippen molar-refractivity contribution in [2.45, 2.75) is 26.8 Å².